The number of benzene rings is 1. The van der Waals surface area contributed by atoms with Crippen molar-refractivity contribution in [1.82, 2.24) is 4.90 Å². The molecule has 1 aromatic rings. The van der Waals surface area contributed by atoms with E-state index in [1.54, 1.807) is 41.5 Å². The van der Waals surface area contributed by atoms with Gasteiger partial charge in [-0.3, -0.25) is 10.1 Å². The average molecular weight is 468 g/mol. The summed E-state index contributed by atoms with van der Waals surface area (Å²) < 4.78 is 16.0. The molecular weight excluding hydrogens is 434 g/mol. The number of amides is 2. The second-order valence-electron chi connectivity index (χ2n) is 9.30. The number of unbranched alkanes of at least 4 members (excludes halogenated alkanes) is 1. The largest absolute Gasteiger partial charge is 0.443 e. The summed E-state index contributed by atoms with van der Waals surface area (Å²) >= 11 is 0. The highest BCUT2D eigenvalue weighted by Gasteiger charge is 2.41. The Labute approximate surface area is 193 Å². The molecule has 1 rings (SSSR count). The van der Waals surface area contributed by atoms with Crippen LogP contribution in [0.4, 0.5) is 15.3 Å². The molecule has 33 heavy (non-hydrogen) atoms. The molecule has 1 atom stereocenters. The van der Waals surface area contributed by atoms with Gasteiger partial charge in [-0.05, 0) is 79.5 Å². The molecule has 2 N–H and O–H groups in total. The van der Waals surface area contributed by atoms with Crippen LogP contribution in [0.1, 0.15) is 60.8 Å². The number of non-ortho nitro benzene ring substituents is 1. The Morgan fingerprint density at radius 3 is 1.85 bits per heavy atom. The van der Waals surface area contributed by atoms with Crippen LogP contribution in [0.3, 0.4) is 0 Å². The molecule has 1 unspecified atom stereocenters. The van der Waals surface area contributed by atoms with E-state index in [1.165, 1.54) is 24.3 Å². The van der Waals surface area contributed by atoms with Crippen molar-refractivity contribution >= 4 is 23.8 Å². The van der Waals surface area contributed by atoms with Gasteiger partial charge >= 0.3 is 18.2 Å². The molecule has 0 spiro atoms. The lowest BCUT2D eigenvalue weighted by molar-refractivity contribution is -0.384. The minimum atomic E-state index is -1.36. The van der Waals surface area contributed by atoms with Crippen molar-refractivity contribution in [3.63, 3.8) is 0 Å². The molecule has 184 valence electrons. The summed E-state index contributed by atoms with van der Waals surface area (Å²) in [4.78, 5) is 49.8. The molecule has 0 saturated carbocycles. The van der Waals surface area contributed by atoms with Gasteiger partial charge in [-0.25, -0.2) is 14.4 Å². The topological polar surface area (TPSA) is 151 Å². The summed E-state index contributed by atoms with van der Waals surface area (Å²) in [7, 11) is 0. The number of nitro groups is 1. The van der Waals surface area contributed by atoms with Crippen LogP contribution in [-0.2, 0) is 14.3 Å². The van der Waals surface area contributed by atoms with Gasteiger partial charge in [-0.2, -0.15) is 4.90 Å². The van der Waals surface area contributed by atoms with E-state index in [-0.39, 0.29) is 17.9 Å². The van der Waals surface area contributed by atoms with Crippen molar-refractivity contribution < 1.29 is 33.5 Å². The maximum absolute atomic E-state index is 13.1. The number of imide groups is 1. The standard InChI is InChI=1S/C22H33N3O8/c1-21(2,3)32-19(27)24(20(28)33-22(4,5)6)17(9-7-8-14-23)18(26)31-16-12-10-15(11-13-16)25(29)30/h10-13,17H,7-9,14,23H2,1-6H3. The highest BCUT2D eigenvalue weighted by molar-refractivity contribution is 5.94. The first-order valence-corrected chi connectivity index (χ1v) is 10.6. The minimum absolute atomic E-state index is 0.0164. The molecule has 0 aromatic heterocycles. The minimum Gasteiger partial charge on any atom is -0.443 e. The van der Waals surface area contributed by atoms with Gasteiger partial charge in [-0.15, -0.1) is 0 Å². The molecule has 0 heterocycles. The molecule has 0 fully saturated rings. The molecule has 0 aliphatic heterocycles. The summed E-state index contributed by atoms with van der Waals surface area (Å²) in [6.07, 6.45) is -1.11. The third-order valence-corrected chi connectivity index (χ3v) is 3.96. The highest BCUT2D eigenvalue weighted by Crippen LogP contribution is 2.23. The number of nitro benzene ring substituents is 1. The van der Waals surface area contributed by atoms with E-state index in [4.69, 9.17) is 19.9 Å². The van der Waals surface area contributed by atoms with Gasteiger partial charge in [0.05, 0.1) is 4.92 Å². The Morgan fingerprint density at radius 1 is 0.970 bits per heavy atom. The fraction of sp³-hybridized carbons (Fsp3) is 0.591. The summed E-state index contributed by atoms with van der Waals surface area (Å²) in [6.45, 7) is 10.1. The summed E-state index contributed by atoms with van der Waals surface area (Å²) in [5, 5.41) is 10.8. The molecule has 2 amide bonds. The maximum Gasteiger partial charge on any atom is 0.420 e. The summed E-state index contributed by atoms with van der Waals surface area (Å²) in [5.74, 6) is -0.902. The van der Waals surface area contributed by atoms with E-state index in [9.17, 15) is 24.5 Å². The van der Waals surface area contributed by atoms with Crippen LogP contribution in [-0.4, -0.2) is 51.8 Å². The van der Waals surface area contributed by atoms with E-state index in [0.29, 0.717) is 24.3 Å². The molecular formula is C22H33N3O8. The second kappa shape index (κ2) is 11.6. The quantitative estimate of drug-likeness (QED) is 0.195. The van der Waals surface area contributed by atoms with Crippen molar-refractivity contribution in [2.75, 3.05) is 6.54 Å². The molecule has 11 heteroatoms. The predicted molar refractivity (Wildman–Crippen MR) is 120 cm³/mol. The van der Waals surface area contributed by atoms with Gasteiger partial charge in [0.25, 0.3) is 5.69 Å². The fourth-order valence-corrected chi connectivity index (χ4v) is 2.61. The molecule has 0 radical (unpaired) electrons. The van der Waals surface area contributed by atoms with Gasteiger partial charge < -0.3 is 19.9 Å². The van der Waals surface area contributed by atoms with Crippen LogP contribution in [0.15, 0.2) is 24.3 Å². The van der Waals surface area contributed by atoms with Gasteiger partial charge in [0.1, 0.15) is 23.0 Å². The second-order valence-corrected chi connectivity index (χ2v) is 9.30. The lowest BCUT2D eigenvalue weighted by Crippen LogP contribution is -2.53. The SMILES string of the molecule is CC(C)(C)OC(=O)N(C(=O)OC(C)(C)C)C(CCCCN)C(=O)Oc1ccc([N+](=O)[O-])cc1. The van der Waals surface area contributed by atoms with Crippen molar-refractivity contribution in [3.05, 3.63) is 34.4 Å². The third-order valence-electron chi connectivity index (χ3n) is 3.96. The van der Waals surface area contributed by atoms with E-state index in [0.717, 1.165) is 0 Å². The number of esters is 1. The van der Waals surface area contributed by atoms with E-state index >= 15 is 0 Å². The number of ether oxygens (including phenoxy) is 3. The van der Waals surface area contributed by atoms with Gasteiger partial charge in [-0.1, -0.05) is 0 Å². The number of nitrogens with two attached hydrogens (primary N) is 1. The first-order valence-electron chi connectivity index (χ1n) is 10.6. The Kier molecular flexibility index (Phi) is 9.78. The predicted octanol–water partition coefficient (Wildman–Crippen LogP) is 4.17. The van der Waals surface area contributed by atoms with Crippen molar-refractivity contribution in [2.24, 2.45) is 5.73 Å². The number of carbonyl (C=O) groups is 3. The Bertz CT molecular complexity index is 813. The number of nitrogens with zero attached hydrogens (tertiary/aromatic N) is 2. The first kappa shape index (κ1) is 27.8. The summed E-state index contributed by atoms with van der Waals surface area (Å²) in [6, 6.07) is 3.48. The monoisotopic (exact) mass is 467 g/mol. The zero-order valence-electron chi connectivity index (χ0n) is 20.0. The number of hydrogen-bond acceptors (Lipinski definition) is 9. The van der Waals surface area contributed by atoms with Crippen LogP contribution >= 0.6 is 0 Å². The molecule has 0 aliphatic carbocycles. The number of carbonyl (C=O) groups excluding carboxylic acids is 3. The van der Waals surface area contributed by atoms with E-state index in [2.05, 4.69) is 0 Å². The van der Waals surface area contributed by atoms with Crippen LogP contribution in [0.5, 0.6) is 5.75 Å². The zero-order valence-corrected chi connectivity index (χ0v) is 20.0. The molecule has 11 nitrogen and oxygen atoms in total. The normalized spacial score (nSPS) is 12.5. The van der Waals surface area contributed by atoms with Crippen LogP contribution < -0.4 is 10.5 Å². The van der Waals surface area contributed by atoms with E-state index in [1.807, 2.05) is 0 Å². The lowest BCUT2D eigenvalue weighted by Gasteiger charge is -2.32. The van der Waals surface area contributed by atoms with Crippen LogP contribution in [0.25, 0.3) is 0 Å². The van der Waals surface area contributed by atoms with Crippen molar-refractivity contribution in [1.29, 1.82) is 0 Å². The van der Waals surface area contributed by atoms with Crippen LogP contribution in [0, 0.1) is 10.1 Å². The molecule has 0 saturated heterocycles. The fourth-order valence-electron chi connectivity index (χ4n) is 2.61. The van der Waals surface area contributed by atoms with Crippen LogP contribution in [0.2, 0.25) is 0 Å². The Balaban J connectivity index is 3.29. The molecule has 0 aliphatic rings. The van der Waals surface area contributed by atoms with Gasteiger partial charge in [0.2, 0.25) is 0 Å². The Hall–Kier alpha value is -3.21. The average Bonchev–Trinajstić information content (AvgIpc) is 2.64. The highest BCUT2D eigenvalue weighted by atomic mass is 16.6. The maximum atomic E-state index is 13.1. The van der Waals surface area contributed by atoms with Gasteiger partial charge in [0, 0.05) is 12.1 Å². The lowest BCUT2D eigenvalue weighted by atomic mass is 10.1. The molecule has 0 bridgehead atoms. The van der Waals surface area contributed by atoms with E-state index < -0.39 is 40.3 Å². The first-order chi connectivity index (χ1) is 15.1. The zero-order chi connectivity index (χ0) is 25.4. The van der Waals surface area contributed by atoms with Crippen molar-refractivity contribution in [3.8, 4) is 5.75 Å². The van der Waals surface area contributed by atoms with Crippen molar-refractivity contribution in [2.45, 2.75) is 78.0 Å². The number of rotatable bonds is 8. The molecule has 1 aromatic carbocycles. The number of hydrogen-bond donors (Lipinski definition) is 1. The Morgan fingerprint density at radius 2 is 1.45 bits per heavy atom. The third kappa shape index (κ3) is 9.85. The smallest absolute Gasteiger partial charge is 0.420 e. The summed E-state index contributed by atoms with van der Waals surface area (Å²) in [5.41, 5.74) is 3.48. The van der Waals surface area contributed by atoms with Gasteiger partial charge in [0.15, 0.2) is 0 Å².